The quantitative estimate of drug-likeness (QED) is 0.308. The highest BCUT2D eigenvalue weighted by molar-refractivity contribution is 5.95. The van der Waals surface area contributed by atoms with Crippen LogP contribution in [0.1, 0.15) is 56.4 Å². The first kappa shape index (κ1) is 36.8. The summed E-state index contributed by atoms with van der Waals surface area (Å²) < 4.78 is 16.9. The fourth-order valence-electron chi connectivity index (χ4n) is 5.66. The molecule has 2 aliphatic heterocycles. The number of aliphatic hydroxyl groups excluding tert-OH is 1. The van der Waals surface area contributed by atoms with Gasteiger partial charge >= 0.3 is 12.1 Å². The van der Waals surface area contributed by atoms with E-state index < -0.39 is 48.1 Å². The number of aliphatic hydroxyl groups is 1. The van der Waals surface area contributed by atoms with Crippen LogP contribution in [-0.4, -0.2) is 99.5 Å². The molecule has 0 aliphatic carbocycles. The van der Waals surface area contributed by atoms with E-state index in [-0.39, 0.29) is 55.7 Å². The van der Waals surface area contributed by atoms with Crippen LogP contribution in [0.5, 0.6) is 0 Å². The lowest BCUT2D eigenvalue weighted by molar-refractivity contribution is -0.159. The number of nitrogens with one attached hydrogen (secondary N) is 2. The zero-order valence-corrected chi connectivity index (χ0v) is 27.7. The predicted molar refractivity (Wildman–Crippen MR) is 175 cm³/mol. The second-order valence-corrected chi connectivity index (χ2v) is 12.1. The lowest BCUT2D eigenvalue weighted by Gasteiger charge is -2.31. The standard InChI is InChI=1S/C34H42N6O9/c1-21-6-4-8-35-16-24(18-41)13-22(2)31(23(3)19-48-34(46)39-29-17-36-9-10-37-29)49-33(45)28-7-5-11-40(28)32(44)27-20-47-30(38-27)15-26(43)14-25(42)12-21/h4,6,9-10,12-13,17-18,20,22-23,25,28,31,35,42H,5,7-8,11,14-16,19H2,1-3H3,(H,37,39,46)/b6-4+,21-12+,24-13+/t22-,23+,25-,28-,31+/m1/s1. The largest absolute Gasteiger partial charge is 0.460 e. The minimum atomic E-state index is -1.03. The average molecular weight is 679 g/mol. The Labute approximate surface area is 283 Å². The molecule has 0 aromatic carbocycles. The number of fused-ring (bicyclic) bond motifs is 3. The van der Waals surface area contributed by atoms with Gasteiger partial charge in [0, 0.05) is 55.9 Å². The Kier molecular flexibility index (Phi) is 13.5. The summed E-state index contributed by atoms with van der Waals surface area (Å²) in [4.78, 5) is 77.6. The molecule has 0 saturated carbocycles. The van der Waals surface area contributed by atoms with Crippen molar-refractivity contribution in [2.24, 2.45) is 11.8 Å². The molecular formula is C34H42N6O9. The third-order valence-corrected chi connectivity index (χ3v) is 8.00. The van der Waals surface area contributed by atoms with Gasteiger partial charge in [0.25, 0.3) is 5.91 Å². The summed E-state index contributed by atoms with van der Waals surface area (Å²) in [6.45, 7) is 6.07. The molecule has 0 radical (unpaired) electrons. The molecule has 2 aromatic heterocycles. The average Bonchev–Trinajstić information content (AvgIpc) is 3.75. The second kappa shape index (κ2) is 17.9. The highest BCUT2D eigenvalue weighted by Gasteiger charge is 2.39. The van der Waals surface area contributed by atoms with Gasteiger partial charge in [0.1, 0.15) is 30.5 Å². The fourth-order valence-corrected chi connectivity index (χ4v) is 5.66. The maximum absolute atomic E-state index is 13.7. The first-order chi connectivity index (χ1) is 23.5. The van der Waals surface area contributed by atoms with Crippen LogP contribution in [-0.2, 0) is 30.3 Å². The van der Waals surface area contributed by atoms with E-state index in [1.807, 2.05) is 6.08 Å². The van der Waals surface area contributed by atoms with Crippen molar-refractivity contribution in [1.82, 2.24) is 25.2 Å². The summed E-state index contributed by atoms with van der Waals surface area (Å²) in [7, 11) is 0. The highest BCUT2D eigenvalue weighted by atomic mass is 16.6. The Morgan fingerprint density at radius 1 is 1.27 bits per heavy atom. The van der Waals surface area contributed by atoms with Crippen molar-refractivity contribution in [2.75, 3.05) is 31.6 Å². The Bertz CT molecular complexity index is 1570. The van der Waals surface area contributed by atoms with E-state index in [0.29, 0.717) is 31.2 Å². The van der Waals surface area contributed by atoms with Gasteiger partial charge in [0.2, 0.25) is 5.89 Å². The molecule has 3 N–H and O–H groups in total. The maximum atomic E-state index is 13.7. The van der Waals surface area contributed by atoms with Crippen LogP contribution in [0.25, 0.3) is 0 Å². The van der Waals surface area contributed by atoms with Crippen LogP contribution < -0.4 is 10.6 Å². The SMILES string of the molecule is CC1=C\[C@@H](O)CC(=O)Cc2nc(co2)C(=O)N2CCC[C@@H]2C(=O)O[C@H]([C@@H](C)COC(=O)Nc2cnccn2)[C@H](C)/C=C(/C=O)CNC\C=C\1. The van der Waals surface area contributed by atoms with Gasteiger partial charge in [-0.3, -0.25) is 24.7 Å². The van der Waals surface area contributed by atoms with Gasteiger partial charge < -0.3 is 29.2 Å². The van der Waals surface area contributed by atoms with Crippen molar-refractivity contribution < 1.29 is 43.0 Å². The number of rotatable bonds is 5. The molecule has 4 rings (SSSR count). The smallest absolute Gasteiger partial charge is 0.412 e. The minimum absolute atomic E-state index is 0.0211. The van der Waals surface area contributed by atoms with Gasteiger partial charge in [-0.15, -0.1) is 0 Å². The maximum Gasteiger partial charge on any atom is 0.412 e. The van der Waals surface area contributed by atoms with Crippen molar-refractivity contribution in [3.05, 3.63) is 71.9 Å². The molecule has 15 heteroatoms. The molecule has 2 bridgehead atoms. The normalized spacial score (nSPS) is 26.6. The number of hydrogen-bond donors (Lipinski definition) is 3. The zero-order chi connectivity index (χ0) is 35.3. The molecule has 262 valence electrons. The number of Topliss-reactive ketones (excluding diaryl/α,β-unsaturated/α-hetero) is 1. The van der Waals surface area contributed by atoms with Gasteiger partial charge in [-0.2, -0.15) is 0 Å². The van der Waals surface area contributed by atoms with Crippen molar-refractivity contribution >= 4 is 35.9 Å². The summed E-state index contributed by atoms with van der Waals surface area (Å²) in [5, 5.41) is 16.0. The summed E-state index contributed by atoms with van der Waals surface area (Å²) in [6.07, 6.45) is 10.8. The van der Waals surface area contributed by atoms with Crippen LogP contribution >= 0.6 is 0 Å². The number of carbonyl (C=O) groups excluding carboxylic acids is 5. The van der Waals surface area contributed by atoms with E-state index >= 15 is 0 Å². The molecular weight excluding hydrogens is 636 g/mol. The Morgan fingerprint density at radius 2 is 2.08 bits per heavy atom. The number of esters is 1. The molecule has 2 aliphatic rings. The van der Waals surface area contributed by atoms with Crippen LogP contribution in [0, 0.1) is 11.8 Å². The van der Waals surface area contributed by atoms with Gasteiger partial charge in [-0.05, 0) is 19.8 Å². The third-order valence-electron chi connectivity index (χ3n) is 8.00. The predicted octanol–water partition coefficient (Wildman–Crippen LogP) is 2.60. The van der Waals surface area contributed by atoms with Gasteiger partial charge in [0.15, 0.2) is 11.5 Å². The van der Waals surface area contributed by atoms with Crippen molar-refractivity contribution in [3.8, 4) is 0 Å². The molecule has 2 aromatic rings. The molecule has 2 amide bonds. The molecule has 4 heterocycles. The molecule has 1 fully saturated rings. The highest BCUT2D eigenvalue weighted by Crippen LogP contribution is 2.26. The van der Waals surface area contributed by atoms with Crippen LogP contribution in [0.2, 0.25) is 0 Å². The Hall–Kier alpha value is -5.02. The van der Waals surface area contributed by atoms with Crippen LogP contribution in [0.4, 0.5) is 10.6 Å². The van der Waals surface area contributed by atoms with Gasteiger partial charge in [-0.25, -0.2) is 19.6 Å². The number of nitrogens with zero attached hydrogens (tertiary/aromatic N) is 4. The van der Waals surface area contributed by atoms with Gasteiger partial charge in [0.05, 0.1) is 25.3 Å². The van der Waals surface area contributed by atoms with E-state index in [9.17, 15) is 29.1 Å². The number of aromatic nitrogens is 3. The van der Waals surface area contributed by atoms with Crippen LogP contribution in [0.3, 0.4) is 0 Å². The lowest BCUT2D eigenvalue weighted by Crippen LogP contribution is -2.44. The van der Waals surface area contributed by atoms with Crippen LogP contribution in [0.15, 0.2) is 64.7 Å². The molecule has 1 saturated heterocycles. The fraction of sp³-hybridized carbons (Fsp3) is 0.471. The van der Waals surface area contributed by atoms with Crippen molar-refractivity contribution in [3.63, 3.8) is 0 Å². The Balaban J connectivity index is 1.57. The molecule has 49 heavy (non-hydrogen) atoms. The number of ether oxygens (including phenoxy) is 2. The van der Waals surface area contributed by atoms with E-state index in [2.05, 4.69) is 25.6 Å². The molecule has 0 unspecified atom stereocenters. The zero-order valence-electron chi connectivity index (χ0n) is 27.7. The molecule has 0 spiro atoms. The number of anilines is 1. The second-order valence-electron chi connectivity index (χ2n) is 12.1. The van der Waals surface area contributed by atoms with Gasteiger partial charge in [-0.1, -0.05) is 43.7 Å². The topological polar surface area (TPSA) is 203 Å². The number of carbonyl (C=O) groups is 5. The van der Waals surface area contributed by atoms with E-state index in [1.165, 1.54) is 23.5 Å². The molecule has 5 atom stereocenters. The van der Waals surface area contributed by atoms with E-state index in [1.54, 1.807) is 39.0 Å². The first-order valence-electron chi connectivity index (χ1n) is 16.1. The number of amides is 2. The molecule has 15 nitrogen and oxygen atoms in total. The monoisotopic (exact) mass is 678 g/mol. The van der Waals surface area contributed by atoms with E-state index in [4.69, 9.17) is 13.9 Å². The Morgan fingerprint density at radius 3 is 2.84 bits per heavy atom. The summed E-state index contributed by atoms with van der Waals surface area (Å²) in [5.74, 6) is -2.36. The third kappa shape index (κ3) is 11.0. The number of oxazole rings is 1. The summed E-state index contributed by atoms with van der Waals surface area (Å²) >= 11 is 0. The number of hydrogen-bond acceptors (Lipinski definition) is 13. The van der Waals surface area contributed by atoms with E-state index in [0.717, 1.165) is 11.8 Å². The summed E-state index contributed by atoms with van der Waals surface area (Å²) in [6, 6.07) is -0.924. The van der Waals surface area contributed by atoms with Crippen molar-refractivity contribution in [2.45, 2.75) is 64.7 Å². The van der Waals surface area contributed by atoms with Crippen molar-refractivity contribution in [1.29, 1.82) is 0 Å². The number of ketones is 1. The minimum Gasteiger partial charge on any atom is -0.460 e. The summed E-state index contributed by atoms with van der Waals surface area (Å²) in [5.41, 5.74) is 1.08. The number of allylic oxidation sites excluding steroid dienone is 2. The lowest BCUT2D eigenvalue weighted by atomic mass is 9.91. The first-order valence-corrected chi connectivity index (χ1v) is 16.1. The number of cyclic esters (lactones) is 1. The number of aldehydes is 1.